The van der Waals surface area contributed by atoms with E-state index in [-0.39, 0.29) is 16.7 Å². The standard InChI is InChI=1S/C28H21FN2O4S2/c1-15-4-2-3-5-17(15)14-35-20-12-6-16(7-13-20)21-22-24(36-25-23(21)37-28(34)30-25)27(33)31(26(22)32)19-10-8-18(29)9-11-19/h2-13,21-22,24H,14H2,1H3,(H,30,34)/t21-,22-,24+/m0/s1. The number of ether oxygens (including phenoxy) is 1. The summed E-state index contributed by atoms with van der Waals surface area (Å²) >= 11 is 2.28. The second-order valence-corrected chi connectivity index (χ2v) is 11.2. The Morgan fingerprint density at radius 3 is 2.41 bits per heavy atom. The van der Waals surface area contributed by atoms with Crippen LogP contribution in [0.5, 0.6) is 5.75 Å². The molecule has 6 nitrogen and oxygen atoms in total. The van der Waals surface area contributed by atoms with Crippen LogP contribution in [0.1, 0.15) is 27.5 Å². The third-order valence-electron chi connectivity index (χ3n) is 6.80. The highest BCUT2D eigenvalue weighted by Crippen LogP contribution is 2.53. The molecule has 3 atom stereocenters. The number of carbonyl (C=O) groups excluding carboxylic acids is 2. The number of hydrogen-bond donors (Lipinski definition) is 1. The highest BCUT2D eigenvalue weighted by molar-refractivity contribution is 8.00. The lowest BCUT2D eigenvalue weighted by atomic mass is 9.83. The van der Waals surface area contributed by atoms with Crippen LogP contribution in [0, 0.1) is 18.7 Å². The number of aryl methyl sites for hydroxylation is 1. The van der Waals surface area contributed by atoms with E-state index in [2.05, 4.69) is 4.98 Å². The molecular formula is C28H21FN2O4S2. The van der Waals surface area contributed by atoms with Crippen molar-refractivity contribution in [1.82, 2.24) is 4.98 Å². The van der Waals surface area contributed by atoms with Crippen LogP contribution in [-0.2, 0) is 16.2 Å². The lowest BCUT2D eigenvalue weighted by Gasteiger charge is -2.29. The minimum absolute atomic E-state index is 0.226. The third kappa shape index (κ3) is 4.18. The van der Waals surface area contributed by atoms with Crippen molar-refractivity contribution in [3.05, 3.63) is 110 Å². The molecule has 0 unspecified atom stereocenters. The summed E-state index contributed by atoms with van der Waals surface area (Å²) in [6, 6.07) is 20.8. The SMILES string of the molecule is Cc1ccccc1COc1ccc([C@@H]2c3sc(=O)[nH]c3S[C@H]3C(=O)N(c4ccc(F)cc4)C(=O)[C@@H]23)cc1. The summed E-state index contributed by atoms with van der Waals surface area (Å²) in [4.78, 5) is 43.8. The number of carbonyl (C=O) groups is 2. The van der Waals surface area contributed by atoms with Crippen molar-refractivity contribution in [3.8, 4) is 5.75 Å². The number of hydrogen-bond acceptors (Lipinski definition) is 6. The quantitative estimate of drug-likeness (QED) is 0.355. The van der Waals surface area contributed by atoms with Gasteiger partial charge in [-0.25, -0.2) is 9.29 Å². The summed E-state index contributed by atoms with van der Waals surface area (Å²) in [5.41, 5.74) is 3.39. The Bertz CT molecular complexity index is 1560. The molecule has 2 aliphatic rings. The van der Waals surface area contributed by atoms with Crippen LogP contribution in [0.25, 0.3) is 0 Å². The second-order valence-electron chi connectivity index (χ2n) is 9.02. The van der Waals surface area contributed by atoms with E-state index in [0.717, 1.165) is 37.8 Å². The molecule has 1 saturated heterocycles. The van der Waals surface area contributed by atoms with Crippen LogP contribution in [0.15, 0.2) is 82.6 Å². The predicted molar refractivity (Wildman–Crippen MR) is 141 cm³/mol. The third-order valence-corrected chi connectivity index (χ3v) is 9.20. The van der Waals surface area contributed by atoms with Crippen molar-refractivity contribution in [1.29, 1.82) is 0 Å². The minimum atomic E-state index is -0.697. The zero-order chi connectivity index (χ0) is 25.7. The van der Waals surface area contributed by atoms with Crippen molar-refractivity contribution in [2.24, 2.45) is 5.92 Å². The second kappa shape index (κ2) is 9.32. The van der Waals surface area contributed by atoms with E-state index in [1.165, 1.54) is 36.0 Å². The molecule has 2 amide bonds. The molecule has 2 aliphatic heterocycles. The largest absolute Gasteiger partial charge is 0.489 e. The molecule has 6 rings (SSSR count). The Morgan fingerprint density at radius 2 is 1.68 bits per heavy atom. The molecule has 9 heteroatoms. The Kier molecular flexibility index (Phi) is 5.97. The summed E-state index contributed by atoms with van der Waals surface area (Å²) in [7, 11) is 0. The monoisotopic (exact) mass is 532 g/mol. The van der Waals surface area contributed by atoms with Gasteiger partial charge in [-0.15, -0.1) is 0 Å². The average Bonchev–Trinajstić information content (AvgIpc) is 3.39. The summed E-state index contributed by atoms with van der Waals surface area (Å²) in [5, 5.41) is -0.0829. The number of thiazole rings is 1. The van der Waals surface area contributed by atoms with Gasteiger partial charge in [0, 0.05) is 10.8 Å². The molecule has 0 bridgehead atoms. The maximum atomic E-state index is 13.7. The van der Waals surface area contributed by atoms with Crippen LogP contribution in [0.3, 0.4) is 0 Å². The lowest BCUT2D eigenvalue weighted by Crippen LogP contribution is -2.32. The Hall–Kier alpha value is -3.69. The van der Waals surface area contributed by atoms with E-state index < -0.39 is 22.9 Å². The fourth-order valence-electron chi connectivity index (χ4n) is 4.93. The highest BCUT2D eigenvalue weighted by Gasteiger charge is 2.56. The number of halogens is 1. The number of nitrogens with zero attached hydrogens (tertiary/aromatic N) is 1. The van der Waals surface area contributed by atoms with Crippen molar-refractivity contribution < 1.29 is 18.7 Å². The van der Waals surface area contributed by atoms with E-state index in [1.807, 2.05) is 55.5 Å². The number of nitrogens with one attached hydrogen (secondary N) is 1. The van der Waals surface area contributed by atoms with Gasteiger partial charge in [0.05, 0.1) is 16.6 Å². The van der Waals surface area contributed by atoms with Gasteiger partial charge < -0.3 is 9.72 Å². The topological polar surface area (TPSA) is 79.5 Å². The van der Waals surface area contributed by atoms with Gasteiger partial charge in [-0.05, 0) is 60.0 Å². The number of fused-ring (bicyclic) bond motifs is 2. The zero-order valence-corrected chi connectivity index (χ0v) is 21.3. The van der Waals surface area contributed by atoms with Crippen molar-refractivity contribution >= 4 is 40.6 Å². The summed E-state index contributed by atoms with van der Waals surface area (Å²) < 4.78 is 19.5. The average molecular weight is 533 g/mol. The Morgan fingerprint density at radius 1 is 0.946 bits per heavy atom. The van der Waals surface area contributed by atoms with Crippen molar-refractivity contribution in [2.75, 3.05) is 4.90 Å². The lowest BCUT2D eigenvalue weighted by molar-refractivity contribution is -0.122. The zero-order valence-electron chi connectivity index (χ0n) is 19.6. The van der Waals surface area contributed by atoms with Gasteiger partial charge >= 0.3 is 4.87 Å². The van der Waals surface area contributed by atoms with E-state index >= 15 is 0 Å². The minimum Gasteiger partial charge on any atom is -0.489 e. The first kappa shape index (κ1) is 23.7. The van der Waals surface area contributed by atoms with Gasteiger partial charge in [-0.2, -0.15) is 0 Å². The number of imide groups is 1. The number of rotatable bonds is 5. The van der Waals surface area contributed by atoms with Crippen molar-refractivity contribution in [2.45, 2.75) is 29.7 Å². The van der Waals surface area contributed by atoms with E-state index in [1.54, 1.807) is 0 Å². The molecule has 3 aromatic carbocycles. The van der Waals surface area contributed by atoms with E-state index in [9.17, 15) is 18.8 Å². The first-order chi connectivity index (χ1) is 17.9. The van der Waals surface area contributed by atoms with Crippen LogP contribution in [0.2, 0.25) is 0 Å². The maximum Gasteiger partial charge on any atom is 0.305 e. The van der Waals surface area contributed by atoms with Crippen LogP contribution in [-0.4, -0.2) is 22.0 Å². The molecule has 0 radical (unpaired) electrons. The molecule has 1 aromatic heterocycles. The molecule has 3 heterocycles. The number of anilines is 1. The number of aromatic amines is 1. The smallest absolute Gasteiger partial charge is 0.305 e. The van der Waals surface area contributed by atoms with Gasteiger partial charge in [0.1, 0.15) is 23.4 Å². The molecule has 186 valence electrons. The van der Waals surface area contributed by atoms with Crippen LogP contribution < -0.4 is 14.5 Å². The number of amides is 2. The molecule has 4 aromatic rings. The number of H-pyrrole nitrogens is 1. The molecular weight excluding hydrogens is 511 g/mol. The van der Waals surface area contributed by atoms with Crippen LogP contribution >= 0.6 is 23.1 Å². The fourth-order valence-corrected chi connectivity index (χ4v) is 7.44. The molecule has 0 saturated carbocycles. The molecule has 1 fully saturated rings. The number of aromatic nitrogens is 1. The van der Waals surface area contributed by atoms with E-state index in [0.29, 0.717) is 23.1 Å². The van der Waals surface area contributed by atoms with Gasteiger partial charge in [0.2, 0.25) is 11.8 Å². The Balaban J connectivity index is 1.33. The fraction of sp³-hybridized carbons (Fsp3) is 0.179. The van der Waals surface area contributed by atoms with Gasteiger partial charge in [0.15, 0.2) is 0 Å². The van der Waals surface area contributed by atoms with Gasteiger partial charge in [-0.3, -0.25) is 14.4 Å². The first-order valence-electron chi connectivity index (χ1n) is 11.7. The normalized spacial score (nSPS) is 20.6. The Labute approximate surface area is 220 Å². The summed E-state index contributed by atoms with van der Waals surface area (Å²) in [5.74, 6) is -1.66. The van der Waals surface area contributed by atoms with Crippen molar-refractivity contribution in [3.63, 3.8) is 0 Å². The molecule has 1 N–H and O–H groups in total. The number of thioether (sulfide) groups is 1. The molecule has 37 heavy (non-hydrogen) atoms. The predicted octanol–water partition coefficient (Wildman–Crippen LogP) is 5.26. The summed E-state index contributed by atoms with van der Waals surface area (Å²) in [6.45, 7) is 2.47. The molecule has 0 aliphatic carbocycles. The summed E-state index contributed by atoms with van der Waals surface area (Å²) in [6.07, 6.45) is 0. The van der Waals surface area contributed by atoms with E-state index in [4.69, 9.17) is 4.74 Å². The van der Waals surface area contributed by atoms with Gasteiger partial charge in [-0.1, -0.05) is 59.5 Å². The number of benzene rings is 3. The van der Waals surface area contributed by atoms with Gasteiger partial charge in [0.25, 0.3) is 0 Å². The van der Waals surface area contributed by atoms with Crippen LogP contribution in [0.4, 0.5) is 10.1 Å². The first-order valence-corrected chi connectivity index (χ1v) is 13.4. The highest BCUT2D eigenvalue weighted by atomic mass is 32.2. The molecule has 0 spiro atoms. The maximum absolute atomic E-state index is 13.7.